The van der Waals surface area contributed by atoms with E-state index in [0.717, 1.165) is 11.1 Å². The Kier molecular flexibility index (Phi) is 4.49. The summed E-state index contributed by atoms with van der Waals surface area (Å²) in [5.74, 6) is 0.448. The van der Waals surface area contributed by atoms with Crippen molar-refractivity contribution >= 4 is 0 Å². The summed E-state index contributed by atoms with van der Waals surface area (Å²) in [6, 6.07) is 13.1. The zero-order chi connectivity index (χ0) is 13.7. The Hall–Kier alpha value is -1.91. The highest BCUT2D eigenvalue weighted by atomic mass is 19.1. The van der Waals surface area contributed by atoms with Crippen LogP contribution in [0.5, 0.6) is 5.75 Å². The monoisotopic (exact) mass is 261 g/mol. The van der Waals surface area contributed by atoms with Gasteiger partial charge in [-0.15, -0.1) is 0 Å². The molecule has 0 fully saturated rings. The molecular formula is C15H16FNO2. The predicted molar refractivity (Wildman–Crippen MR) is 71.2 cm³/mol. The van der Waals surface area contributed by atoms with Crippen LogP contribution in [0.1, 0.15) is 17.2 Å². The Balaban J connectivity index is 1.94. The number of benzene rings is 2. The molecule has 0 aliphatic carbocycles. The lowest BCUT2D eigenvalue weighted by atomic mass is 10.1. The van der Waals surface area contributed by atoms with E-state index in [-0.39, 0.29) is 18.5 Å². The summed E-state index contributed by atoms with van der Waals surface area (Å²) in [7, 11) is 0. The van der Waals surface area contributed by atoms with E-state index >= 15 is 0 Å². The largest absolute Gasteiger partial charge is 0.489 e. The maximum Gasteiger partial charge on any atom is 0.123 e. The van der Waals surface area contributed by atoms with Crippen LogP contribution in [0.4, 0.5) is 4.39 Å². The Morgan fingerprint density at radius 2 is 1.68 bits per heavy atom. The quantitative estimate of drug-likeness (QED) is 0.869. The number of rotatable bonds is 5. The van der Waals surface area contributed by atoms with Gasteiger partial charge in [0, 0.05) is 0 Å². The van der Waals surface area contributed by atoms with Crippen LogP contribution in [0.15, 0.2) is 48.5 Å². The average molecular weight is 261 g/mol. The molecule has 0 radical (unpaired) electrons. The number of hydrogen-bond donors (Lipinski definition) is 2. The molecule has 3 nitrogen and oxygen atoms in total. The lowest BCUT2D eigenvalue weighted by molar-refractivity contribution is 0.267. The van der Waals surface area contributed by atoms with E-state index in [2.05, 4.69) is 0 Å². The molecule has 1 atom stereocenters. The van der Waals surface area contributed by atoms with Gasteiger partial charge in [-0.05, 0) is 35.4 Å². The van der Waals surface area contributed by atoms with Crippen molar-refractivity contribution in [2.24, 2.45) is 5.73 Å². The van der Waals surface area contributed by atoms with Gasteiger partial charge in [0.25, 0.3) is 0 Å². The van der Waals surface area contributed by atoms with E-state index < -0.39 is 0 Å². The maximum absolute atomic E-state index is 12.7. The lowest BCUT2D eigenvalue weighted by Crippen LogP contribution is -2.14. The molecule has 3 N–H and O–H groups in total. The van der Waals surface area contributed by atoms with Crippen molar-refractivity contribution in [3.8, 4) is 5.75 Å². The van der Waals surface area contributed by atoms with Gasteiger partial charge in [0.05, 0.1) is 12.6 Å². The number of nitrogens with two attached hydrogens (primary N) is 1. The summed E-state index contributed by atoms with van der Waals surface area (Å²) in [6.45, 7) is 0.293. The summed E-state index contributed by atoms with van der Waals surface area (Å²) in [5, 5.41) is 8.95. The van der Waals surface area contributed by atoms with Crippen molar-refractivity contribution in [1.82, 2.24) is 0 Å². The Labute approximate surface area is 111 Å². The fraction of sp³-hybridized carbons (Fsp3) is 0.200. The second-order valence-electron chi connectivity index (χ2n) is 4.27. The highest BCUT2D eigenvalue weighted by Gasteiger charge is 2.04. The number of ether oxygens (including phenoxy) is 1. The van der Waals surface area contributed by atoms with Gasteiger partial charge < -0.3 is 15.6 Å². The number of hydrogen-bond acceptors (Lipinski definition) is 3. The normalized spacial score (nSPS) is 12.2. The first-order valence-corrected chi connectivity index (χ1v) is 6.02. The second kappa shape index (κ2) is 6.31. The van der Waals surface area contributed by atoms with Crippen molar-refractivity contribution in [2.45, 2.75) is 12.6 Å². The van der Waals surface area contributed by atoms with E-state index in [9.17, 15) is 4.39 Å². The van der Waals surface area contributed by atoms with Crippen molar-refractivity contribution in [3.05, 3.63) is 65.5 Å². The molecule has 0 aliphatic rings. The van der Waals surface area contributed by atoms with Crippen LogP contribution >= 0.6 is 0 Å². The summed E-state index contributed by atoms with van der Waals surface area (Å²) in [6.07, 6.45) is 0. The van der Waals surface area contributed by atoms with Crippen molar-refractivity contribution in [3.63, 3.8) is 0 Å². The third-order valence-electron chi connectivity index (χ3n) is 2.82. The molecule has 4 heteroatoms. The molecule has 0 bridgehead atoms. The molecule has 0 saturated heterocycles. The van der Waals surface area contributed by atoms with Gasteiger partial charge in [-0.2, -0.15) is 0 Å². The Morgan fingerprint density at radius 3 is 2.26 bits per heavy atom. The molecule has 2 aromatic carbocycles. The van der Waals surface area contributed by atoms with E-state index in [0.29, 0.717) is 12.4 Å². The first kappa shape index (κ1) is 13.5. The second-order valence-corrected chi connectivity index (χ2v) is 4.27. The molecule has 100 valence electrons. The molecule has 2 aromatic rings. The summed E-state index contributed by atoms with van der Waals surface area (Å²) >= 11 is 0. The Morgan fingerprint density at radius 1 is 1.05 bits per heavy atom. The van der Waals surface area contributed by atoms with Crippen molar-refractivity contribution < 1.29 is 14.2 Å². The topological polar surface area (TPSA) is 55.5 Å². The van der Waals surface area contributed by atoms with Gasteiger partial charge in [0.2, 0.25) is 0 Å². The number of aliphatic hydroxyl groups is 1. The van der Waals surface area contributed by atoms with Crippen molar-refractivity contribution in [2.75, 3.05) is 6.61 Å². The molecule has 0 aromatic heterocycles. The van der Waals surface area contributed by atoms with Crippen LogP contribution in [-0.2, 0) is 6.61 Å². The summed E-state index contributed by atoms with van der Waals surface area (Å²) in [4.78, 5) is 0. The van der Waals surface area contributed by atoms with Crippen LogP contribution in [-0.4, -0.2) is 11.7 Å². The van der Waals surface area contributed by atoms with E-state index in [1.165, 1.54) is 12.1 Å². The highest BCUT2D eigenvalue weighted by molar-refractivity contribution is 5.29. The average Bonchev–Trinajstić information content (AvgIpc) is 2.46. The summed E-state index contributed by atoms with van der Waals surface area (Å²) in [5.41, 5.74) is 7.46. The molecule has 0 spiro atoms. The SMILES string of the molecule is N[C@H](CO)c1ccc(OCc2ccc(F)cc2)cc1. The van der Waals surface area contributed by atoms with Gasteiger partial charge in [0.1, 0.15) is 18.2 Å². The highest BCUT2D eigenvalue weighted by Crippen LogP contribution is 2.17. The molecule has 19 heavy (non-hydrogen) atoms. The zero-order valence-corrected chi connectivity index (χ0v) is 10.4. The number of halogens is 1. The van der Waals surface area contributed by atoms with Gasteiger partial charge in [-0.1, -0.05) is 24.3 Å². The van der Waals surface area contributed by atoms with E-state index in [1.54, 1.807) is 24.3 Å². The van der Waals surface area contributed by atoms with E-state index in [1.807, 2.05) is 12.1 Å². The first-order chi connectivity index (χ1) is 9.19. The Bertz CT molecular complexity index is 511. The minimum atomic E-state index is -0.369. The fourth-order valence-corrected chi connectivity index (χ4v) is 1.66. The minimum Gasteiger partial charge on any atom is -0.489 e. The van der Waals surface area contributed by atoms with Crippen LogP contribution in [0.3, 0.4) is 0 Å². The standard InChI is InChI=1S/C15H16FNO2/c16-13-5-1-11(2-6-13)10-19-14-7-3-12(4-8-14)15(17)9-18/h1-8,15,18H,9-10,17H2/t15-/m1/s1. The van der Waals surface area contributed by atoms with Gasteiger partial charge in [-0.25, -0.2) is 4.39 Å². The molecule has 0 unspecified atom stereocenters. The zero-order valence-electron chi connectivity index (χ0n) is 10.4. The molecule has 2 rings (SSSR count). The smallest absolute Gasteiger partial charge is 0.123 e. The summed E-state index contributed by atoms with van der Waals surface area (Å²) < 4.78 is 18.3. The van der Waals surface area contributed by atoms with E-state index in [4.69, 9.17) is 15.6 Å². The van der Waals surface area contributed by atoms with Crippen LogP contribution in [0, 0.1) is 5.82 Å². The minimum absolute atomic E-state index is 0.0875. The fourth-order valence-electron chi connectivity index (χ4n) is 1.66. The van der Waals surface area contributed by atoms with Gasteiger partial charge in [-0.3, -0.25) is 0 Å². The predicted octanol–water partition coefficient (Wildman–Crippen LogP) is 2.40. The third kappa shape index (κ3) is 3.77. The van der Waals surface area contributed by atoms with Gasteiger partial charge >= 0.3 is 0 Å². The molecule has 0 aliphatic heterocycles. The van der Waals surface area contributed by atoms with Crippen LogP contribution in [0.2, 0.25) is 0 Å². The maximum atomic E-state index is 12.7. The molecular weight excluding hydrogens is 245 g/mol. The molecule has 0 amide bonds. The third-order valence-corrected chi connectivity index (χ3v) is 2.82. The lowest BCUT2D eigenvalue weighted by Gasteiger charge is -2.10. The molecule has 0 heterocycles. The van der Waals surface area contributed by atoms with Crippen LogP contribution < -0.4 is 10.5 Å². The van der Waals surface area contributed by atoms with Crippen molar-refractivity contribution in [1.29, 1.82) is 0 Å². The van der Waals surface area contributed by atoms with Crippen LogP contribution in [0.25, 0.3) is 0 Å². The van der Waals surface area contributed by atoms with Gasteiger partial charge in [0.15, 0.2) is 0 Å². The first-order valence-electron chi connectivity index (χ1n) is 6.02. The molecule has 0 saturated carbocycles. The number of aliphatic hydroxyl groups excluding tert-OH is 1.